The highest BCUT2D eigenvalue weighted by molar-refractivity contribution is 5.40. The first kappa shape index (κ1) is 13.8. The van der Waals surface area contributed by atoms with Crippen LogP contribution in [0.5, 0.6) is 0 Å². The van der Waals surface area contributed by atoms with Crippen molar-refractivity contribution in [3.05, 3.63) is 23.9 Å². The van der Waals surface area contributed by atoms with Gasteiger partial charge < -0.3 is 20.6 Å². The van der Waals surface area contributed by atoms with Crippen molar-refractivity contribution in [2.45, 2.75) is 24.9 Å². The quantitative estimate of drug-likeness (QED) is 0.726. The van der Waals surface area contributed by atoms with E-state index in [2.05, 4.69) is 32.7 Å². The lowest BCUT2D eigenvalue weighted by atomic mass is 9.93. The number of hydrogen-bond acceptors (Lipinski definition) is 5. The van der Waals surface area contributed by atoms with Crippen molar-refractivity contribution in [3.63, 3.8) is 0 Å². The zero-order valence-electron chi connectivity index (χ0n) is 11.9. The van der Waals surface area contributed by atoms with E-state index in [1.54, 1.807) is 0 Å². The Morgan fingerprint density at radius 3 is 2.85 bits per heavy atom. The molecule has 2 atom stereocenters. The monoisotopic (exact) mass is 276 g/mol. The van der Waals surface area contributed by atoms with E-state index in [4.69, 9.17) is 0 Å². The molecule has 1 aromatic heterocycles. The Balaban J connectivity index is 1.68. The van der Waals surface area contributed by atoms with Crippen LogP contribution in [-0.2, 0) is 0 Å². The summed E-state index contributed by atoms with van der Waals surface area (Å²) in [5.74, 6) is 1.57. The van der Waals surface area contributed by atoms with Gasteiger partial charge >= 0.3 is 0 Å². The molecule has 3 N–H and O–H groups in total. The number of rotatable bonds is 2. The number of aromatic nitrogens is 1. The molecular formula is C15H24N4O. The van der Waals surface area contributed by atoms with Crippen molar-refractivity contribution < 1.29 is 5.11 Å². The molecule has 5 nitrogen and oxygen atoms in total. The van der Waals surface area contributed by atoms with Gasteiger partial charge in [-0.1, -0.05) is 6.07 Å². The fourth-order valence-corrected chi connectivity index (χ4v) is 3.06. The lowest BCUT2D eigenvalue weighted by molar-refractivity contribution is 0.184. The first-order chi connectivity index (χ1) is 9.83. The summed E-state index contributed by atoms with van der Waals surface area (Å²) in [5, 5.41) is 16.5. The topological polar surface area (TPSA) is 60.4 Å². The van der Waals surface area contributed by atoms with Crippen LogP contribution in [-0.4, -0.2) is 55.5 Å². The summed E-state index contributed by atoms with van der Waals surface area (Å²) < 4.78 is 0. The average molecular weight is 276 g/mol. The Hall–Kier alpha value is -1.17. The van der Waals surface area contributed by atoms with Crippen LogP contribution < -0.4 is 15.5 Å². The Bertz CT molecular complexity index is 416. The first-order valence-electron chi connectivity index (χ1n) is 7.63. The van der Waals surface area contributed by atoms with Gasteiger partial charge in [-0.05, 0) is 36.9 Å². The molecule has 2 aliphatic heterocycles. The van der Waals surface area contributed by atoms with Crippen molar-refractivity contribution >= 4 is 5.82 Å². The predicted octanol–water partition coefficient (Wildman–Crippen LogP) is 0.319. The zero-order chi connectivity index (χ0) is 13.8. The fourth-order valence-electron chi connectivity index (χ4n) is 3.06. The second-order valence-corrected chi connectivity index (χ2v) is 5.80. The molecule has 0 aromatic carbocycles. The summed E-state index contributed by atoms with van der Waals surface area (Å²) in [4.78, 5) is 6.77. The van der Waals surface area contributed by atoms with Crippen LogP contribution in [0, 0.1) is 0 Å². The maximum absolute atomic E-state index is 9.84. The zero-order valence-corrected chi connectivity index (χ0v) is 11.9. The number of aliphatic hydroxyl groups excluding tert-OH is 1. The Morgan fingerprint density at radius 2 is 2.10 bits per heavy atom. The van der Waals surface area contributed by atoms with E-state index in [1.165, 1.54) is 18.4 Å². The van der Waals surface area contributed by atoms with E-state index in [0.29, 0.717) is 19.0 Å². The van der Waals surface area contributed by atoms with Gasteiger partial charge in [-0.3, -0.25) is 0 Å². The van der Waals surface area contributed by atoms with Crippen LogP contribution in [0.4, 0.5) is 5.82 Å². The largest absolute Gasteiger partial charge is 0.390 e. The van der Waals surface area contributed by atoms with Gasteiger partial charge in [-0.2, -0.15) is 0 Å². The molecule has 0 radical (unpaired) electrons. The van der Waals surface area contributed by atoms with Gasteiger partial charge in [0, 0.05) is 38.9 Å². The number of aliphatic hydroxyl groups is 1. The summed E-state index contributed by atoms with van der Waals surface area (Å²) >= 11 is 0. The van der Waals surface area contributed by atoms with Crippen molar-refractivity contribution in [1.82, 2.24) is 15.6 Å². The van der Waals surface area contributed by atoms with Gasteiger partial charge in [0.2, 0.25) is 0 Å². The lowest BCUT2D eigenvalue weighted by Gasteiger charge is -2.25. The van der Waals surface area contributed by atoms with Gasteiger partial charge in [-0.25, -0.2) is 4.98 Å². The molecule has 2 aliphatic rings. The Kier molecular flexibility index (Phi) is 4.50. The minimum atomic E-state index is -0.318. The summed E-state index contributed by atoms with van der Waals surface area (Å²) in [7, 11) is 0. The van der Waals surface area contributed by atoms with E-state index >= 15 is 0 Å². The van der Waals surface area contributed by atoms with Gasteiger partial charge in [0.1, 0.15) is 5.82 Å². The molecule has 3 rings (SSSR count). The van der Waals surface area contributed by atoms with Crippen LogP contribution in [0.3, 0.4) is 0 Å². The van der Waals surface area contributed by atoms with Crippen LogP contribution >= 0.6 is 0 Å². The summed E-state index contributed by atoms with van der Waals surface area (Å²) in [6, 6.07) is 4.30. The highest BCUT2D eigenvalue weighted by atomic mass is 16.3. The molecular weight excluding hydrogens is 252 g/mol. The third kappa shape index (κ3) is 3.29. The standard InChI is InChI=1S/C15H24N4O/c20-14-10-17-6-7-19(11-14)15-4-3-13(9-18-15)12-2-1-5-16-8-12/h3-4,9,12,14,16-17,20H,1-2,5-8,10-11H2. The summed E-state index contributed by atoms with van der Waals surface area (Å²) in [6.07, 6.45) is 4.19. The van der Waals surface area contributed by atoms with Crippen LogP contribution in [0.1, 0.15) is 24.3 Å². The SMILES string of the molecule is OC1CNCCN(c2ccc(C3CCCNC3)cn2)C1. The number of hydrogen-bond donors (Lipinski definition) is 3. The molecule has 3 heterocycles. The van der Waals surface area contributed by atoms with E-state index in [0.717, 1.165) is 32.0 Å². The Labute approximate surface area is 120 Å². The normalized spacial score (nSPS) is 28.1. The van der Waals surface area contributed by atoms with Crippen LogP contribution in [0.25, 0.3) is 0 Å². The minimum Gasteiger partial charge on any atom is -0.390 e. The minimum absolute atomic E-state index is 0.318. The smallest absolute Gasteiger partial charge is 0.128 e. The summed E-state index contributed by atoms with van der Waals surface area (Å²) in [5.41, 5.74) is 1.33. The molecule has 0 aliphatic carbocycles. The maximum atomic E-state index is 9.84. The number of anilines is 1. The second kappa shape index (κ2) is 6.52. The van der Waals surface area contributed by atoms with Crippen molar-refractivity contribution in [2.75, 3.05) is 44.2 Å². The molecule has 20 heavy (non-hydrogen) atoms. The van der Waals surface area contributed by atoms with Crippen molar-refractivity contribution in [3.8, 4) is 0 Å². The number of piperidine rings is 1. The lowest BCUT2D eigenvalue weighted by Crippen LogP contribution is -2.33. The van der Waals surface area contributed by atoms with E-state index in [9.17, 15) is 5.11 Å². The van der Waals surface area contributed by atoms with Gasteiger partial charge in [0.05, 0.1) is 6.10 Å². The molecule has 110 valence electrons. The predicted molar refractivity (Wildman–Crippen MR) is 80.2 cm³/mol. The number of pyridine rings is 1. The highest BCUT2D eigenvalue weighted by Crippen LogP contribution is 2.24. The summed E-state index contributed by atoms with van der Waals surface area (Å²) in [6.45, 7) is 5.32. The highest BCUT2D eigenvalue weighted by Gasteiger charge is 2.18. The fraction of sp³-hybridized carbons (Fsp3) is 0.667. The van der Waals surface area contributed by atoms with Gasteiger partial charge in [0.15, 0.2) is 0 Å². The van der Waals surface area contributed by atoms with E-state index in [-0.39, 0.29) is 6.10 Å². The molecule has 0 amide bonds. The molecule has 0 spiro atoms. The molecule has 0 bridgehead atoms. The van der Waals surface area contributed by atoms with Crippen LogP contribution in [0.2, 0.25) is 0 Å². The van der Waals surface area contributed by atoms with Crippen molar-refractivity contribution in [1.29, 1.82) is 0 Å². The van der Waals surface area contributed by atoms with Gasteiger partial charge in [-0.15, -0.1) is 0 Å². The molecule has 1 aromatic rings. The molecule has 0 saturated carbocycles. The molecule has 2 unspecified atom stereocenters. The Morgan fingerprint density at radius 1 is 1.20 bits per heavy atom. The van der Waals surface area contributed by atoms with Crippen molar-refractivity contribution in [2.24, 2.45) is 0 Å². The second-order valence-electron chi connectivity index (χ2n) is 5.80. The third-order valence-electron chi connectivity index (χ3n) is 4.23. The molecule has 2 saturated heterocycles. The van der Waals surface area contributed by atoms with E-state index in [1.807, 2.05) is 6.20 Å². The maximum Gasteiger partial charge on any atom is 0.128 e. The number of β-amino-alcohol motifs (C(OH)–C–C–N with tert-alkyl or cyclic N) is 1. The number of nitrogens with one attached hydrogen (secondary N) is 2. The third-order valence-corrected chi connectivity index (χ3v) is 4.23. The van der Waals surface area contributed by atoms with Gasteiger partial charge in [0.25, 0.3) is 0 Å². The van der Waals surface area contributed by atoms with Crippen LogP contribution in [0.15, 0.2) is 18.3 Å². The van der Waals surface area contributed by atoms with E-state index < -0.39 is 0 Å². The molecule has 5 heteroatoms. The average Bonchev–Trinajstić information content (AvgIpc) is 2.73. The molecule has 2 fully saturated rings. The number of nitrogens with zero attached hydrogens (tertiary/aromatic N) is 2. The first-order valence-corrected chi connectivity index (χ1v) is 7.63.